The number of fused-ring (bicyclic) bond motifs is 4. The van der Waals surface area contributed by atoms with Gasteiger partial charge in [-0.05, 0) is 112 Å². The van der Waals surface area contributed by atoms with Crippen LogP contribution in [-0.4, -0.2) is 120 Å². The van der Waals surface area contributed by atoms with E-state index in [0.29, 0.717) is 62.1 Å². The first-order valence-electron chi connectivity index (χ1n) is 26.3. The molecule has 0 saturated carbocycles. The highest BCUT2D eigenvalue weighted by atomic mass is 32.2. The highest BCUT2D eigenvalue weighted by molar-refractivity contribution is 8.14. The van der Waals surface area contributed by atoms with Gasteiger partial charge in [-0.2, -0.15) is 0 Å². The molecule has 0 spiro atoms. The van der Waals surface area contributed by atoms with E-state index in [1.54, 1.807) is 40.6 Å². The number of ether oxygens (including phenoxy) is 8. The summed E-state index contributed by atoms with van der Waals surface area (Å²) in [6.07, 6.45) is 20.2. The Kier molecular flexibility index (Phi) is 20.8. The van der Waals surface area contributed by atoms with Gasteiger partial charge < -0.3 is 47.7 Å². The molecule has 0 N–H and O–H groups in total. The van der Waals surface area contributed by atoms with E-state index in [2.05, 4.69) is 38.2 Å². The molecule has 14 nitrogen and oxygen atoms in total. The molecule has 74 heavy (non-hydrogen) atoms. The third kappa shape index (κ3) is 15.3. The van der Waals surface area contributed by atoms with Crippen molar-refractivity contribution in [3.63, 3.8) is 0 Å². The molecular weight excluding hydrogens is 981 g/mol. The quantitative estimate of drug-likeness (QED) is 0.164. The zero-order valence-corrected chi connectivity index (χ0v) is 46.3. The van der Waals surface area contributed by atoms with Crippen LogP contribution < -0.4 is 9.47 Å². The number of hydrogen-bond acceptors (Lipinski definition) is 14. The summed E-state index contributed by atoms with van der Waals surface area (Å²) in [5.41, 5.74) is 4.01. The van der Waals surface area contributed by atoms with Gasteiger partial charge in [-0.1, -0.05) is 97.1 Å². The van der Waals surface area contributed by atoms with E-state index in [4.69, 9.17) is 37.9 Å². The largest absolute Gasteiger partial charge is 0.497 e. The Hall–Kier alpha value is -4.58. The van der Waals surface area contributed by atoms with E-state index in [-0.39, 0.29) is 58.9 Å². The first kappa shape index (κ1) is 57.1. The molecule has 4 saturated heterocycles. The van der Waals surface area contributed by atoms with Gasteiger partial charge in [-0.15, -0.1) is 0 Å². The van der Waals surface area contributed by atoms with E-state index in [1.807, 2.05) is 72.2 Å². The minimum Gasteiger partial charge on any atom is -0.497 e. The molecule has 2 aromatic carbocycles. The van der Waals surface area contributed by atoms with Gasteiger partial charge in [0.25, 0.3) is 10.5 Å². The summed E-state index contributed by atoms with van der Waals surface area (Å²) in [6, 6.07) is 14.8. The van der Waals surface area contributed by atoms with Gasteiger partial charge >= 0.3 is 11.9 Å². The van der Waals surface area contributed by atoms with Crippen molar-refractivity contribution in [1.29, 1.82) is 0 Å². The van der Waals surface area contributed by atoms with Crippen LogP contribution >= 0.6 is 23.5 Å². The molecule has 6 aliphatic rings. The van der Waals surface area contributed by atoms with E-state index in [1.165, 1.54) is 23.5 Å². The molecular formula is C58H78N2O12S2. The van der Waals surface area contributed by atoms with Gasteiger partial charge in [0, 0.05) is 76.7 Å². The maximum atomic E-state index is 13.0. The lowest BCUT2D eigenvalue weighted by molar-refractivity contribution is -0.306. The summed E-state index contributed by atoms with van der Waals surface area (Å²) >= 11 is 2.56. The van der Waals surface area contributed by atoms with Crippen molar-refractivity contribution in [1.82, 2.24) is 9.80 Å². The predicted octanol–water partition coefficient (Wildman–Crippen LogP) is 11.8. The minimum absolute atomic E-state index is 0.00373. The lowest BCUT2D eigenvalue weighted by Gasteiger charge is -2.48. The Bertz CT molecular complexity index is 2180. The van der Waals surface area contributed by atoms with Crippen molar-refractivity contribution in [2.75, 3.05) is 39.9 Å². The fraction of sp³-hybridized carbons (Fsp3) is 0.586. The maximum absolute atomic E-state index is 13.0. The summed E-state index contributed by atoms with van der Waals surface area (Å²) in [7, 11) is 6.53. The zero-order valence-electron chi connectivity index (χ0n) is 44.6. The second-order valence-electron chi connectivity index (χ2n) is 20.7. The number of carbonyl (C=O) groups excluding carboxylic acids is 4. The molecule has 2 aromatic rings. The molecule has 10 atom stereocenters. The molecule has 404 valence electrons. The first-order valence-corrected chi connectivity index (χ1v) is 28.3. The smallest absolute Gasteiger partial charge is 0.330 e. The Labute approximate surface area is 447 Å². The average molecular weight is 1060 g/mol. The molecule has 6 heterocycles. The Morgan fingerprint density at radius 1 is 0.568 bits per heavy atom. The third-order valence-corrected chi connectivity index (χ3v) is 16.9. The van der Waals surface area contributed by atoms with Crippen LogP contribution in [0.4, 0.5) is 9.59 Å². The van der Waals surface area contributed by atoms with Crippen molar-refractivity contribution in [2.45, 2.75) is 166 Å². The Morgan fingerprint density at radius 3 is 1.32 bits per heavy atom. The summed E-state index contributed by atoms with van der Waals surface area (Å²) < 4.78 is 48.2. The number of amides is 2. The zero-order chi connectivity index (χ0) is 52.8. The van der Waals surface area contributed by atoms with E-state index in [9.17, 15) is 19.2 Å². The molecule has 2 amide bonds. The molecule has 4 fully saturated rings. The lowest BCUT2D eigenvalue weighted by Crippen LogP contribution is -2.60. The second kappa shape index (κ2) is 27.0. The number of esters is 2. The third-order valence-electron chi connectivity index (χ3n) is 15.0. The van der Waals surface area contributed by atoms with E-state index < -0.39 is 11.6 Å². The monoisotopic (exact) mass is 1060 g/mol. The van der Waals surface area contributed by atoms with Crippen LogP contribution in [0.3, 0.4) is 0 Å². The number of thioether (sulfide) groups is 2. The molecule has 0 radical (unpaired) electrons. The second-order valence-corrected chi connectivity index (χ2v) is 22.6. The Balaban J connectivity index is 0.000000216. The Morgan fingerprint density at radius 2 is 0.959 bits per heavy atom. The van der Waals surface area contributed by atoms with Gasteiger partial charge in [0.15, 0.2) is 11.6 Å². The van der Waals surface area contributed by atoms with Crippen molar-refractivity contribution in [3.8, 4) is 11.5 Å². The molecule has 0 aromatic heterocycles. The van der Waals surface area contributed by atoms with Gasteiger partial charge in [-0.3, -0.25) is 9.59 Å². The summed E-state index contributed by atoms with van der Waals surface area (Å²) in [5.74, 6) is 0.713. The molecule has 8 rings (SSSR count). The maximum Gasteiger partial charge on any atom is 0.330 e. The standard InChI is InChI=1S/2C29H39NO6S/c2*1-20-7-5-6-8-21(2)15-27(31)35-25-16-24(12-9-20)36-29(17-25,34-4)26-19-37-28(32)30(26)18-22-10-13-23(33-3)14-11-22/h2*5,7,10-11,13-15,20,24-26H,6,8-9,12,16-19H2,1-4H3/b7-5+,21-15-;7-5-,21-15-/t2*20-,24-,25?,26+,29-/m11/s1. The van der Waals surface area contributed by atoms with Crippen LogP contribution in [0.2, 0.25) is 0 Å². The normalized spacial score (nSPS) is 33.7. The van der Waals surface area contributed by atoms with Crippen molar-refractivity contribution < 1.29 is 57.1 Å². The summed E-state index contributed by atoms with van der Waals surface area (Å²) in [4.78, 5) is 55.3. The predicted molar refractivity (Wildman–Crippen MR) is 289 cm³/mol. The van der Waals surface area contributed by atoms with Crippen LogP contribution in [0.5, 0.6) is 11.5 Å². The molecule has 6 aliphatic heterocycles. The lowest BCUT2D eigenvalue weighted by atomic mass is 9.89. The van der Waals surface area contributed by atoms with Crippen molar-refractivity contribution in [2.24, 2.45) is 11.8 Å². The van der Waals surface area contributed by atoms with Crippen LogP contribution in [0.1, 0.15) is 116 Å². The average Bonchev–Trinajstić information content (AvgIpc) is 3.95. The fourth-order valence-electron chi connectivity index (χ4n) is 10.8. The fourth-order valence-corrected chi connectivity index (χ4v) is 13.0. The van der Waals surface area contributed by atoms with Gasteiger partial charge in [0.2, 0.25) is 0 Å². The number of rotatable bonds is 10. The van der Waals surface area contributed by atoms with Crippen LogP contribution in [0.15, 0.2) is 96.1 Å². The number of allylic oxidation sites excluding steroid dienone is 6. The number of benzene rings is 2. The van der Waals surface area contributed by atoms with E-state index in [0.717, 1.165) is 85.1 Å². The topological polar surface area (TPSA) is 149 Å². The summed E-state index contributed by atoms with van der Waals surface area (Å²) in [6.45, 7) is 9.25. The number of methoxy groups -OCH3 is 4. The SMILES string of the molecule is COc1ccc(CN2C(=O)SC[C@H]2[C@@]2(OC)CC3C[C@@H](CC[C@H](C)/C=C/CC/C(C)=C\C(=O)O3)O2)cc1.COc1ccc(CN2C(=O)SC[C@H]2[C@@]2(OC)CC3C[C@@H](CC[C@H](C)/C=C\CC/C(C)=C\C(=O)O3)O2)cc1. The van der Waals surface area contributed by atoms with E-state index >= 15 is 0 Å². The van der Waals surface area contributed by atoms with Gasteiger partial charge in [0.05, 0.1) is 38.5 Å². The minimum atomic E-state index is -1.06. The first-order chi connectivity index (χ1) is 35.6. The molecule has 16 heteroatoms. The highest BCUT2D eigenvalue weighted by Gasteiger charge is 2.56. The van der Waals surface area contributed by atoms with Crippen LogP contribution in [0.25, 0.3) is 0 Å². The molecule has 4 bridgehead atoms. The number of carbonyl (C=O) groups is 4. The van der Waals surface area contributed by atoms with Crippen LogP contribution in [-0.2, 0) is 51.1 Å². The summed E-state index contributed by atoms with van der Waals surface area (Å²) in [5, 5.41) is -0.00746. The van der Waals surface area contributed by atoms with Crippen LogP contribution in [0, 0.1) is 11.8 Å². The van der Waals surface area contributed by atoms with Gasteiger partial charge in [-0.25, -0.2) is 9.59 Å². The van der Waals surface area contributed by atoms with Crippen molar-refractivity contribution >= 4 is 45.9 Å². The van der Waals surface area contributed by atoms with Crippen molar-refractivity contribution in [3.05, 3.63) is 107 Å². The number of hydrogen-bond donors (Lipinski definition) is 0. The molecule has 2 unspecified atom stereocenters. The molecule has 0 aliphatic carbocycles. The number of nitrogens with zero attached hydrogens (tertiary/aromatic N) is 2. The highest BCUT2D eigenvalue weighted by Crippen LogP contribution is 2.45. The van der Waals surface area contributed by atoms with Gasteiger partial charge in [0.1, 0.15) is 23.7 Å².